The van der Waals surface area contributed by atoms with Crippen LogP contribution in [-0.4, -0.2) is 73.3 Å². The molecule has 0 N–H and O–H groups in total. The molecule has 0 amide bonds. The number of hydrogen-bond acceptors (Lipinski definition) is 7. The Morgan fingerprint density at radius 3 is 2.34 bits per heavy atom. The van der Waals surface area contributed by atoms with Gasteiger partial charge in [0.15, 0.2) is 5.79 Å². The molecule has 3 heterocycles. The second kappa shape index (κ2) is 12.1. The van der Waals surface area contributed by atoms with Gasteiger partial charge in [-0.1, -0.05) is 45.2 Å². The number of epoxide rings is 1. The standard InChI is InChI=1S/C31H49NO6/c1-5-30(6-2)23-31(36-21-28(38-31)20-34-25-10-8-7-9-11-25)22-29(3,4)32(30)37-17-16-24-12-14-26(15-13-24)33-18-27-19-35-27/h12-15,25,27-28H,5-11,16-23H2,1-4H3. The van der Waals surface area contributed by atoms with Gasteiger partial charge in [0.1, 0.15) is 24.6 Å². The Balaban J connectivity index is 1.16. The molecular formula is C31H49NO6. The van der Waals surface area contributed by atoms with Crippen molar-refractivity contribution in [3.05, 3.63) is 29.8 Å². The van der Waals surface area contributed by atoms with Gasteiger partial charge in [0.25, 0.3) is 0 Å². The number of nitrogens with zero attached hydrogens (tertiary/aromatic N) is 1. The minimum atomic E-state index is -0.572. The highest BCUT2D eigenvalue weighted by atomic mass is 16.8. The van der Waals surface area contributed by atoms with Gasteiger partial charge in [-0.2, -0.15) is 5.06 Å². The van der Waals surface area contributed by atoms with E-state index in [2.05, 4.69) is 44.9 Å². The van der Waals surface area contributed by atoms with Crippen LogP contribution in [0.3, 0.4) is 0 Å². The predicted molar refractivity (Wildman–Crippen MR) is 146 cm³/mol. The highest BCUT2D eigenvalue weighted by Crippen LogP contribution is 2.51. The lowest BCUT2D eigenvalue weighted by molar-refractivity contribution is -0.346. The Morgan fingerprint density at radius 1 is 0.921 bits per heavy atom. The van der Waals surface area contributed by atoms with Crippen LogP contribution in [0.4, 0.5) is 0 Å². The minimum absolute atomic E-state index is 0.00959. The summed E-state index contributed by atoms with van der Waals surface area (Å²) in [5.41, 5.74) is 0.864. The summed E-state index contributed by atoms with van der Waals surface area (Å²) >= 11 is 0. The van der Waals surface area contributed by atoms with Crippen molar-refractivity contribution in [3.63, 3.8) is 0 Å². The second-order valence-corrected chi connectivity index (χ2v) is 12.4. The molecule has 0 bridgehead atoms. The highest BCUT2D eigenvalue weighted by Gasteiger charge is 2.59. The summed E-state index contributed by atoms with van der Waals surface area (Å²) in [7, 11) is 0. The van der Waals surface area contributed by atoms with Gasteiger partial charge in [-0.3, -0.25) is 4.84 Å². The Labute approximate surface area is 229 Å². The van der Waals surface area contributed by atoms with Crippen LogP contribution < -0.4 is 4.74 Å². The van der Waals surface area contributed by atoms with Crippen molar-refractivity contribution in [2.45, 2.75) is 127 Å². The molecule has 1 spiro atoms. The molecule has 0 radical (unpaired) electrons. The molecule has 4 aliphatic rings. The minimum Gasteiger partial charge on any atom is -0.491 e. The summed E-state index contributed by atoms with van der Waals surface area (Å²) in [5, 5.41) is 2.29. The molecule has 0 aromatic heterocycles. The van der Waals surface area contributed by atoms with Crippen molar-refractivity contribution in [1.82, 2.24) is 5.06 Å². The van der Waals surface area contributed by atoms with E-state index in [0.717, 1.165) is 44.5 Å². The van der Waals surface area contributed by atoms with Crippen molar-refractivity contribution in [3.8, 4) is 5.75 Å². The van der Waals surface area contributed by atoms with Gasteiger partial charge in [0.05, 0.1) is 38.1 Å². The van der Waals surface area contributed by atoms with E-state index in [1.807, 2.05) is 12.1 Å². The molecule has 1 saturated carbocycles. The third-order valence-electron chi connectivity index (χ3n) is 8.95. The summed E-state index contributed by atoms with van der Waals surface area (Å²) in [6, 6.07) is 8.34. The first-order chi connectivity index (χ1) is 18.4. The molecule has 4 fully saturated rings. The highest BCUT2D eigenvalue weighted by molar-refractivity contribution is 5.27. The Hall–Kier alpha value is -1.22. The molecule has 3 aliphatic heterocycles. The van der Waals surface area contributed by atoms with E-state index in [1.54, 1.807) is 0 Å². The van der Waals surface area contributed by atoms with Crippen LogP contribution in [0.15, 0.2) is 24.3 Å². The van der Waals surface area contributed by atoms with Crippen LogP contribution in [0.2, 0.25) is 0 Å². The summed E-state index contributed by atoms with van der Waals surface area (Å²) in [5.74, 6) is 0.319. The number of hydroxylamine groups is 2. The molecule has 7 heteroatoms. The first-order valence-corrected chi connectivity index (χ1v) is 15.1. The van der Waals surface area contributed by atoms with Gasteiger partial charge in [0.2, 0.25) is 0 Å². The third kappa shape index (κ3) is 6.73. The van der Waals surface area contributed by atoms with E-state index in [1.165, 1.54) is 37.7 Å². The Kier molecular flexibility index (Phi) is 9.02. The maximum absolute atomic E-state index is 6.70. The Bertz CT molecular complexity index is 877. The van der Waals surface area contributed by atoms with Gasteiger partial charge >= 0.3 is 0 Å². The van der Waals surface area contributed by atoms with Crippen LogP contribution in [0.1, 0.15) is 91.0 Å². The largest absolute Gasteiger partial charge is 0.491 e. The van der Waals surface area contributed by atoms with Crippen molar-refractivity contribution in [2.24, 2.45) is 0 Å². The number of benzene rings is 1. The second-order valence-electron chi connectivity index (χ2n) is 12.4. The zero-order valence-electron chi connectivity index (χ0n) is 24.0. The molecule has 1 aromatic rings. The molecule has 214 valence electrons. The van der Waals surface area contributed by atoms with Crippen LogP contribution >= 0.6 is 0 Å². The maximum atomic E-state index is 6.70. The van der Waals surface area contributed by atoms with Gasteiger partial charge in [-0.05, 0) is 63.6 Å². The number of ether oxygens (including phenoxy) is 5. The molecule has 3 unspecified atom stereocenters. The SMILES string of the molecule is CCC1(CC)CC2(CC(C)(C)N1OCCc1ccc(OCC3CO3)cc1)OCC(COC1CCCCC1)O2. The topological polar surface area (TPSA) is 61.9 Å². The van der Waals surface area contributed by atoms with E-state index in [0.29, 0.717) is 32.5 Å². The lowest BCUT2D eigenvalue weighted by atomic mass is 9.73. The number of rotatable bonds is 12. The van der Waals surface area contributed by atoms with Crippen LogP contribution in [-0.2, 0) is 30.2 Å². The molecule has 3 atom stereocenters. The normalized spacial score (nSPS) is 31.1. The van der Waals surface area contributed by atoms with Gasteiger partial charge in [-0.15, -0.1) is 0 Å². The molecule has 1 aromatic carbocycles. The van der Waals surface area contributed by atoms with Gasteiger partial charge in [-0.25, -0.2) is 0 Å². The summed E-state index contributed by atoms with van der Waals surface area (Å²) in [6.45, 7) is 12.4. The molecular weight excluding hydrogens is 482 g/mol. The lowest BCUT2D eigenvalue weighted by Gasteiger charge is -2.58. The quantitative estimate of drug-likeness (QED) is 0.314. The fourth-order valence-corrected chi connectivity index (χ4v) is 6.83. The number of hydrogen-bond donors (Lipinski definition) is 0. The summed E-state index contributed by atoms with van der Waals surface area (Å²) in [4.78, 5) is 6.62. The maximum Gasteiger partial charge on any atom is 0.172 e. The van der Waals surface area contributed by atoms with Gasteiger partial charge in [0, 0.05) is 18.4 Å². The zero-order valence-corrected chi connectivity index (χ0v) is 24.0. The fraction of sp³-hybridized carbons (Fsp3) is 0.806. The lowest BCUT2D eigenvalue weighted by Crippen LogP contribution is -2.67. The molecule has 1 aliphatic carbocycles. The Morgan fingerprint density at radius 2 is 1.66 bits per heavy atom. The first kappa shape index (κ1) is 28.3. The van der Waals surface area contributed by atoms with Crippen LogP contribution in [0.5, 0.6) is 5.75 Å². The average Bonchev–Trinajstić information content (AvgIpc) is 3.68. The van der Waals surface area contributed by atoms with E-state index < -0.39 is 5.79 Å². The van der Waals surface area contributed by atoms with E-state index in [-0.39, 0.29) is 23.3 Å². The summed E-state index contributed by atoms with van der Waals surface area (Å²) < 4.78 is 30.4. The summed E-state index contributed by atoms with van der Waals surface area (Å²) in [6.07, 6.45) is 11.3. The van der Waals surface area contributed by atoms with E-state index >= 15 is 0 Å². The zero-order chi connectivity index (χ0) is 26.6. The van der Waals surface area contributed by atoms with E-state index in [9.17, 15) is 0 Å². The molecule has 3 saturated heterocycles. The van der Waals surface area contributed by atoms with Crippen molar-refractivity contribution in [2.75, 3.05) is 33.0 Å². The van der Waals surface area contributed by atoms with Crippen molar-refractivity contribution in [1.29, 1.82) is 0 Å². The first-order valence-electron chi connectivity index (χ1n) is 15.1. The fourth-order valence-electron chi connectivity index (χ4n) is 6.83. The monoisotopic (exact) mass is 531 g/mol. The van der Waals surface area contributed by atoms with Crippen molar-refractivity contribution < 1.29 is 28.5 Å². The van der Waals surface area contributed by atoms with Crippen molar-refractivity contribution >= 4 is 0 Å². The van der Waals surface area contributed by atoms with Crippen LogP contribution in [0, 0.1) is 0 Å². The number of piperidine rings is 1. The van der Waals surface area contributed by atoms with Gasteiger partial charge < -0.3 is 23.7 Å². The molecule has 7 nitrogen and oxygen atoms in total. The molecule has 5 rings (SSSR count). The smallest absolute Gasteiger partial charge is 0.172 e. The average molecular weight is 532 g/mol. The van der Waals surface area contributed by atoms with Crippen LogP contribution in [0.25, 0.3) is 0 Å². The third-order valence-corrected chi connectivity index (χ3v) is 8.95. The van der Waals surface area contributed by atoms with E-state index in [4.69, 9.17) is 28.5 Å². The predicted octanol–water partition coefficient (Wildman–Crippen LogP) is 5.83. The molecule has 38 heavy (non-hydrogen) atoms.